The number of esters is 1. The number of hydrogen-bond donors (Lipinski definition) is 0. The Bertz CT molecular complexity index is 220. The Labute approximate surface area is 71.4 Å². The molecule has 0 aliphatic heterocycles. The van der Waals surface area contributed by atoms with Gasteiger partial charge in [-0.25, -0.2) is 4.79 Å². The van der Waals surface area contributed by atoms with Crippen LogP contribution in [0.2, 0.25) is 0 Å². The van der Waals surface area contributed by atoms with Gasteiger partial charge in [0.25, 0.3) is 0 Å². The quantitative estimate of drug-likeness (QED) is 0.457. The highest BCUT2D eigenvalue weighted by Gasteiger charge is 2.31. The minimum atomic E-state index is -0.443. The average molecular weight is 168 g/mol. The van der Waals surface area contributed by atoms with Gasteiger partial charge in [-0.05, 0) is 6.42 Å². The van der Waals surface area contributed by atoms with E-state index in [-0.39, 0.29) is 17.8 Å². The summed E-state index contributed by atoms with van der Waals surface area (Å²) >= 11 is 0. The largest absolute Gasteiger partial charge is 0.459 e. The van der Waals surface area contributed by atoms with Gasteiger partial charge in [0, 0.05) is 18.4 Å². The third kappa shape index (κ3) is 1.94. The summed E-state index contributed by atoms with van der Waals surface area (Å²) in [5, 5.41) is 0. The first-order chi connectivity index (χ1) is 5.63. The summed E-state index contributed by atoms with van der Waals surface area (Å²) in [6, 6.07) is 0. The van der Waals surface area contributed by atoms with Gasteiger partial charge < -0.3 is 4.74 Å². The molecule has 0 aromatic carbocycles. The van der Waals surface area contributed by atoms with Crippen LogP contribution < -0.4 is 0 Å². The van der Waals surface area contributed by atoms with E-state index in [9.17, 15) is 9.59 Å². The predicted octanol–water partition coefficient (Wildman–Crippen LogP) is 1.08. The maximum Gasteiger partial charge on any atom is 0.330 e. The Balaban J connectivity index is 2.42. The molecule has 2 atom stereocenters. The van der Waals surface area contributed by atoms with Crippen LogP contribution in [0.15, 0.2) is 12.7 Å². The smallest absolute Gasteiger partial charge is 0.330 e. The van der Waals surface area contributed by atoms with Crippen LogP contribution in [0.25, 0.3) is 0 Å². The number of ether oxygens (including phenoxy) is 1. The molecule has 0 amide bonds. The molecule has 1 aliphatic rings. The summed E-state index contributed by atoms with van der Waals surface area (Å²) in [4.78, 5) is 21.8. The van der Waals surface area contributed by atoms with Gasteiger partial charge in [0.15, 0.2) is 0 Å². The SMILES string of the molecule is C=CC(=O)OC1CC(=O)C(C)C1. The molecule has 1 saturated carbocycles. The first-order valence-corrected chi connectivity index (χ1v) is 3.99. The first kappa shape index (κ1) is 8.97. The molecule has 0 bridgehead atoms. The summed E-state index contributed by atoms with van der Waals surface area (Å²) in [7, 11) is 0. The van der Waals surface area contributed by atoms with Gasteiger partial charge in [-0.15, -0.1) is 0 Å². The molecule has 1 fully saturated rings. The predicted molar refractivity (Wildman–Crippen MR) is 43.5 cm³/mol. The minimum Gasteiger partial charge on any atom is -0.459 e. The molecule has 0 heterocycles. The molecule has 0 aromatic heterocycles. The van der Waals surface area contributed by atoms with Gasteiger partial charge in [-0.3, -0.25) is 4.79 Å². The van der Waals surface area contributed by atoms with Crippen molar-refractivity contribution in [1.29, 1.82) is 0 Å². The summed E-state index contributed by atoms with van der Waals surface area (Å²) in [5.41, 5.74) is 0. The van der Waals surface area contributed by atoms with Gasteiger partial charge >= 0.3 is 5.97 Å². The molecular weight excluding hydrogens is 156 g/mol. The van der Waals surface area contributed by atoms with Gasteiger partial charge in [0.1, 0.15) is 11.9 Å². The topological polar surface area (TPSA) is 43.4 Å². The number of hydrogen-bond acceptors (Lipinski definition) is 3. The fraction of sp³-hybridized carbons (Fsp3) is 0.556. The second-order valence-electron chi connectivity index (χ2n) is 3.07. The highest BCUT2D eigenvalue weighted by Crippen LogP contribution is 2.23. The van der Waals surface area contributed by atoms with Crippen molar-refractivity contribution in [2.75, 3.05) is 0 Å². The van der Waals surface area contributed by atoms with E-state index in [0.29, 0.717) is 12.8 Å². The van der Waals surface area contributed by atoms with Crippen molar-refractivity contribution in [3.63, 3.8) is 0 Å². The molecule has 12 heavy (non-hydrogen) atoms. The fourth-order valence-electron chi connectivity index (χ4n) is 1.34. The molecule has 3 heteroatoms. The lowest BCUT2D eigenvalue weighted by molar-refractivity contribution is -0.142. The monoisotopic (exact) mass is 168 g/mol. The highest BCUT2D eigenvalue weighted by atomic mass is 16.5. The number of carbonyl (C=O) groups excluding carboxylic acids is 2. The van der Waals surface area contributed by atoms with Crippen molar-refractivity contribution in [3.05, 3.63) is 12.7 Å². The Hall–Kier alpha value is -1.12. The zero-order valence-corrected chi connectivity index (χ0v) is 7.08. The summed E-state index contributed by atoms with van der Waals surface area (Å²) in [6.07, 6.45) is 1.91. The second-order valence-corrected chi connectivity index (χ2v) is 3.07. The Kier molecular flexibility index (Phi) is 2.63. The second kappa shape index (κ2) is 3.52. The highest BCUT2D eigenvalue weighted by molar-refractivity contribution is 5.85. The molecule has 0 radical (unpaired) electrons. The van der Waals surface area contributed by atoms with Crippen LogP contribution in [-0.2, 0) is 14.3 Å². The Morgan fingerprint density at radius 3 is 2.83 bits per heavy atom. The van der Waals surface area contributed by atoms with E-state index in [1.807, 2.05) is 6.92 Å². The molecule has 2 unspecified atom stereocenters. The number of ketones is 1. The lowest BCUT2D eigenvalue weighted by Gasteiger charge is -2.07. The van der Waals surface area contributed by atoms with E-state index in [2.05, 4.69) is 6.58 Å². The van der Waals surface area contributed by atoms with Crippen LogP contribution in [0.3, 0.4) is 0 Å². The molecule has 1 aliphatic carbocycles. The lowest BCUT2D eigenvalue weighted by atomic mass is 10.1. The molecule has 0 saturated heterocycles. The van der Waals surface area contributed by atoms with E-state index in [1.165, 1.54) is 0 Å². The molecule has 66 valence electrons. The molecular formula is C9H12O3. The van der Waals surface area contributed by atoms with Gasteiger partial charge in [0.05, 0.1) is 0 Å². The zero-order chi connectivity index (χ0) is 9.14. The number of carbonyl (C=O) groups is 2. The van der Waals surface area contributed by atoms with Crippen LogP contribution in [0.5, 0.6) is 0 Å². The van der Waals surface area contributed by atoms with Gasteiger partial charge in [0.2, 0.25) is 0 Å². The van der Waals surface area contributed by atoms with E-state index in [4.69, 9.17) is 4.74 Å². The van der Waals surface area contributed by atoms with Gasteiger partial charge in [-0.1, -0.05) is 13.5 Å². The van der Waals surface area contributed by atoms with E-state index < -0.39 is 5.97 Å². The summed E-state index contributed by atoms with van der Waals surface area (Å²) in [5.74, 6) is -0.230. The number of Topliss-reactive ketones (excluding diaryl/α,β-unsaturated/α-hetero) is 1. The van der Waals surface area contributed by atoms with Crippen LogP contribution in [0, 0.1) is 5.92 Å². The first-order valence-electron chi connectivity index (χ1n) is 3.99. The normalized spacial score (nSPS) is 28.6. The van der Waals surface area contributed by atoms with E-state index in [0.717, 1.165) is 6.08 Å². The molecule has 3 nitrogen and oxygen atoms in total. The Morgan fingerprint density at radius 2 is 2.42 bits per heavy atom. The van der Waals surface area contributed by atoms with Crippen molar-refractivity contribution in [2.45, 2.75) is 25.9 Å². The maximum absolute atomic E-state index is 11.0. The minimum absolute atomic E-state index is 0.0348. The molecule has 0 aromatic rings. The Morgan fingerprint density at radius 1 is 1.75 bits per heavy atom. The van der Waals surface area contributed by atoms with E-state index >= 15 is 0 Å². The van der Waals surface area contributed by atoms with Crippen LogP contribution in [0.4, 0.5) is 0 Å². The number of rotatable bonds is 2. The van der Waals surface area contributed by atoms with Crippen molar-refractivity contribution >= 4 is 11.8 Å². The fourth-order valence-corrected chi connectivity index (χ4v) is 1.34. The van der Waals surface area contributed by atoms with Crippen LogP contribution >= 0.6 is 0 Å². The molecule has 1 rings (SSSR count). The zero-order valence-electron chi connectivity index (χ0n) is 7.08. The average Bonchev–Trinajstić information content (AvgIpc) is 2.31. The molecule has 0 spiro atoms. The maximum atomic E-state index is 11.0. The lowest BCUT2D eigenvalue weighted by Crippen LogP contribution is -2.13. The van der Waals surface area contributed by atoms with Crippen LogP contribution in [0.1, 0.15) is 19.8 Å². The van der Waals surface area contributed by atoms with Crippen molar-refractivity contribution in [3.8, 4) is 0 Å². The third-order valence-electron chi connectivity index (χ3n) is 2.04. The van der Waals surface area contributed by atoms with Crippen LogP contribution in [-0.4, -0.2) is 17.9 Å². The standard InChI is InChI=1S/C9H12O3/c1-3-9(11)12-7-4-6(2)8(10)5-7/h3,6-7H,1,4-5H2,2H3. The molecule has 0 N–H and O–H groups in total. The van der Waals surface area contributed by atoms with Crippen molar-refractivity contribution < 1.29 is 14.3 Å². The summed E-state index contributed by atoms with van der Waals surface area (Å²) < 4.78 is 4.92. The summed E-state index contributed by atoms with van der Waals surface area (Å²) in [6.45, 7) is 5.13. The van der Waals surface area contributed by atoms with Crippen molar-refractivity contribution in [2.24, 2.45) is 5.92 Å². The van der Waals surface area contributed by atoms with Gasteiger partial charge in [-0.2, -0.15) is 0 Å². The van der Waals surface area contributed by atoms with Crippen molar-refractivity contribution in [1.82, 2.24) is 0 Å². The third-order valence-corrected chi connectivity index (χ3v) is 2.04. The van der Waals surface area contributed by atoms with E-state index in [1.54, 1.807) is 0 Å².